The second-order valence-corrected chi connectivity index (χ2v) is 7.42. The number of nitriles is 1. The van der Waals surface area contributed by atoms with Crippen LogP contribution < -0.4 is 5.32 Å². The molecule has 6 nitrogen and oxygen atoms in total. The van der Waals surface area contributed by atoms with Gasteiger partial charge in [0, 0.05) is 47.0 Å². The van der Waals surface area contributed by atoms with Gasteiger partial charge in [0.1, 0.15) is 10.9 Å². The summed E-state index contributed by atoms with van der Waals surface area (Å²) in [6.45, 7) is 1.96. The second kappa shape index (κ2) is 8.82. The average Bonchev–Trinajstić information content (AvgIpc) is 3.28. The number of fused-ring (bicyclic) bond motifs is 1. The van der Waals surface area contributed by atoms with E-state index in [4.69, 9.17) is 16.9 Å². The van der Waals surface area contributed by atoms with Crippen LogP contribution in [0.15, 0.2) is 35.7 Å². The minimum atomic E-state index is 0.617. The zero-order valence-electron chi connectivity index (χ0n) is 14.7. The van der Waals surface area contributed by atoms with Crippen molar-refractivity contribution in [3.63, 3.8) is 0 Å². The molecule has 138 valence electrons. The Balaban J connectivity index is 0.000000180. The maximum absolute atomic E-state index is 9.93. The smallest absolute Gasteiger partial charge is 0.211 e. The van der Waals surface area contributed by atoms with Crippen molar-refractivity contribution in [3.05, 3.63) is 56.9 Å². The number of likely N-dealkylation sites (N-methyl/N-ethyl adjacent to an activating group) is 1. The first kappa shape index (κ1) is 19.1. The lowest BCUT2D eigenvalue weighted by atomic mass is 10.0. The van der Waals surface area contributed by atoms with Gasteiger partial charge in [-0.15, -0.1) is 11.3 Å². The third kappa shape index (κ3) is 4.55. The van der Waals surface area contributed by atoms with Crippen LogP contribution in [-0.4, -0.2) is 35.1 Å². The van der Waals surface area contributed by atoms with Crippen molar-refractivity contribution in [1.29, 1.82) is 5.26 Å². The molecule has 2 N–H and O–H groups in total. The predicted octanol–water partition coefficient (Wildman–Crippen LogP) is 3.91. The van der Waals surface area contributed by atoms with E-state index in [9.17, 15) is 4.79 Å². The van der Waals surface area contributed by atoms with E-state index in [0.29, 0.717) is 17.1 Å². The van der Waals surface area contributed by atoms with Crippen molar-refractivity contribution in [3.8, 4) is 17.3 Å². The van der Waals surface area contributed by atoms with Crippen molar-refractivity contribution >= 4 is 35.0 Å². The van der Waals surface area contributed by atoms with Crippen molar-refractivity contribution in [2.24, 2.45) is 0 Å². The number of nitrogens with zero attached hydrogens (tertiary/aromatic N) is 3. The van der Waals surface area contributed by atoms with Crippen LogP contribution in [0.25, 0.3) is 11.3 Å². The van der Waals surface area contributed by atoms with E-state index < -0.39 is 0 Å². The second-order valence-electron chi connectivity index (χ2n) is 6.06. The summed E-state index contributed by atoms with van der Waals surface area (Å²) in [7, 11) is 2.11. The molecule has 0 saturated heterocycles. The van der Waals surface area contributed by atoms with Gasteiger partial charge in [0.15, 0.2) is 0 Å². The molecule has 0 radical (unpaired) electrons. The Morgan fingerprint density at radius 2 is 2.30 bits per heavy atom. The largest absolute Gasteiger partial charge is 0.329 e. The minimum Gasteiger partial charge on any atom is -0.329 e. The molecule has 3 aromatic rings. The summed E-state index contributed by atoms with van der Waals surface area (Å²) in [5.74, 6) is 0. The summed E-state index contributed by atoms with van der Waals surface area (Å²) in [6, 6.07) is 11.2. The van der Waals surface area contributed by atoms with Crippen LogP contribution in [0.2, 0.25) is 5.02 Å². The molecule has 8 heteroatoms. The van der Waals surface area contributed by atoms with E-state index in [2.05, 4.69) is 33.5 Å². The van der Waals surface area contributed by atoms with Crippen molar-refractivity contribution in [2.75, 3.05) is 18.9 Å². The van der Waals surface area contributed by atoms with Crippen molar-refractivity contribution in [2.45, 2.75) is 13.0 Å². The summed E-state index contributed by atoms with van der Waals surface area (Å²) in [4.78, 5) is 13.0. The van der Waals surface area contributed by atoms with Gasteiger partial charge < -0.3 is 10.2 Å². The topological polar surface area (TPSA) is 84.8 Å². The Hall–Kier alpha value is -2.66. The number of halogens is 1. The van der Waals surface area contributed by atoms with Crippen molar-refractivity contribution < 1.29 is 4.79 Å². The zero-order chi connectivity index (χ0) is 19.2. The molecule has 3 heterocycles. The first-order valence-corrected chi connectivity index (χ1v) is 9.56. The lowest BCUT2D eigenvalue weighted by Crippen LogP contribution is -2.26. The van der Waals surface area contributed by atoms with E-state index in [1.54, 1.807) is 24.3 Å². The highest BCUT2D eigenvalue weighted by atomic mass is 35.5. The number of aromatic amines is 1. The molecule has 0 atom stereocenters. The van der Waals surface area contributed by atoms with Crippen LogP contribution in [0.4, 0.5) is 5.69 Å². The van der Waals surface area contributed by atoms with Crippen LogP contribution in [0, 0.1) is 11.3 Å². The Labute approximate surface area is 166 Å². The Bertz CT molecular complexity index is 975. The fraction of sp³-hybridized carbons (Fsp3) is 0.211. The maximum atomic E-state index is 9.93. The molecule has 1 aromatic carbocycles. The number of rotatable bonds is 3. The van der Waals surface area contributed by atoms with Gasteiger partial charge in [-0.05, 0) is 36.7 Å². The fourth-order valence-electron chi connectivity index (χ4n) is 2.88. The molecule has 2 aromatic heterocycles. The maximum Gasteiger partial charge on any atom is 0.211 e. The molecule has 0 saturated carbocycles. The number of hydrogen-bond donors (Lipinski definition) is 2. The molecular formula is C19H18ClN5OS. The lowest BCUT2D eigenvalue weighted by Gasteiger charge is -2.22. The van der Waals surface area contributed by atoms with Gasteiger partial charge in [-0.2, -0.15) is 10.4 Å². The summed E-state index contributed by atoms with van der Waals surface area (Å²) in [5, 5.41) is 21.6. The normalized spacial score (nSPS) is 13.1. The highest BCUT2D eigenvalue weighted by Gasteiger charge is 2.22. The van der Waals surface area contributed by atoms with Crippen LogP contribution >= 0.6 is 22.9 Å². The lowest BCUT2D eigenvalue weighted by molar-refractivity contribution is -0.105. The quantitative estimate of drug-likeness (QED) is 0.654. The van der Waals surface area contributed by atoms with Crippen LogP contribution in [0.5, 0.6) is 0 Å². The van der Waals surface area contributed by atoms with Crippen molar-refractivity contribution in [1.82, 2.24) is 15.1 Å². The monoisotopic (exact) mass is 399 g/mol. The molecule has 0 bridgehead atoms. The predicted molar refractivity (Wildman–Crippen MR) is 108 cm³/mol. The van der Waals surface area contributed by atoms with E-state index in [1.807, 2.05) is 11.4 Å². The van der Waals surface area contributed by atoms with Gasteiger partial charge in [-0.1, -0.05) is 17.7 Å². The molecule has 0 aliphatic carbocycles. The summed E-state index contributed by atoms with van der Waals surface area (Å²) >= 11 is 7.10. The van der Waals surface area contributed by atoms with Crippen LogP contribution in [-0.2, 0) is 17.8 Å². The van der Waals surface area contributed by atoms with Crippen LogP contribution in [0.1, 0.15) is 16.1 Å². The zero-order valence-corrected chi connectivity index (χ0v) is 16.3. The minimum absolute atomic E-state index is 0.617. The third-order valence-corrected chi connectivity index (χ3v) is 5.25. The number of anilines is 1. The first-order chi connectivity index (χ1) is 13.1. The molecule has 0 spiro atoms. The van der Waals surface area contributed by atoms with Gasteiger partial charge in [-0.3, -0.25) is 9.89 Å². The number of carbonyl (C=O) groups excluding carboxylic acids is 1. The molecule has 1 aliphatic rings. The highest BCUT2D eigenvalue weighted by molar-refractivity contribution is 7.11. The average molecular weight is 400 g/mol. The number of H-pyrrole nitrogens is 1. The number of benzene rings is 1. The van der Waals surface area contributed by atoms with Crippen LogP contribution in [0.3, 0.4) is 0 Å². The number of carbonyl (C=O) groups is 1. The van der Waals surface area contributed by atoms with E-state index in [1.165, 1.54) is 22.6 Å². The van der Waals surface area contributed by atoms with Gasteiger partial charge in [0.25, 0.3) is 0 Å². The van der Waals surface area contributed by atoms with Gasteiger partial charge in [0.05, 0.1) is 5.69 Å². The Kier molecular flexibility index (Phi) is 6.24. The fourth-order valence-corrected chi connectivity index (χ4v) is 3.76. The summed E-state index contributed by atoms with van der Waals surface area (Å²) < 4.78 is 0. The first-order valence-electron chi connectivity index (χ1n) is 8.30. The standard InChI is InChI=1S/C12H12N4S.C7H6ClNO/c1-16-4-2-10-9(7-16)12(15-14-10)8-3-5-17-11(8)6-13;8-6-2-1-3-7(4-6)9-5-10/h3,5H,2,4,7H2,1H3,(H,14,15);1-5H,(H,9,10). The molecule has 0 fully saturated rings. The SMILES string of the molecule is CN1CCc2[nH]nc(-c3ccsc3C#N)c2C1.O=CNc1cccc(Cl)c1. The molecule has 1 amide bonds. The number of aromatic nitrogens is 2. The molecule has 1 aliphatic heterocycles. The highest BCUT2D eigenvalue weighted by Crippen LogP contribution is 2.32. The van der Waals surface area contributed by atoms with E-state index >= 15 is 0 Å². The number of thiophene rings is 1. The van der Waals surface area contributed by atoms with Gasteiger partial charge in [0.2, 0.25) is 6.41 Å². The summed E-state index contributed by atoms with van der Waals surface area (Å²) in [5.41, 5.74) is 5.08. The molecule has 4 rings (SSSR count). The molecule has 0 unspecified atom stereocenters. The third-order valence-electron chi connectivity index (χ3n) is 4.20. The molecule has 27 heavy (non-hydrogen) atoms. The number of nitrogens with one attached hydrogen (secondary N) is 2. The van der Waals surface area contributed by atoms with Gasteiger partial charge in [-0.25, -0.2) is 0 Å². The summed E-state index contributed by atoms with van der Waals surface area (Å²) in [6.07, 6.45) is 1.62. The number of hydrogen-bond acceptors (Lipinski definition) is 5. The van der Waals surface area contributed by atoms with Gasteiger partial charge >= 0.3 is 0 Å². The van der Waals surface area contributed by atoms with E-state index in [0.717, 1.165) is 35.6 Å². The Morgan fingerprint density at radius 1 is 1.44 bits per heavy atom. The Morgan fingerprint density at radius 3 is 3.04 bits per heavy atom. The van der Waals surface area contributed by atoms with E-state index in [-0.39, 0.29) is 0 Å². The molecular weight excluding hydrogens is 382 g/mol. The number of amides is 1.